The number of aromatic nitrogens is 2. The minimum Gasteiger partial charge on any atom is -0.406 e. The molecule has 0 spiro atoms. The Morgan fingerprint density at radius 3 is 2.85 bits per heavy atom. The van der Waals surface area contributed by atoms with Crippen molar-refractivity contribution in [1.82, 2.24) is 15.5 Å². The second-order valence-electron chi connectivity index (χ2n) is 5.27. The van der Waals surface area contributed by atoms with Crippen LogP contribution in [0.2, 0.25) is 0 Å². The highest BCUT2D eigenvalue weighted by Gasteiger charge is 2.32. The van der Waals surface area contributed by atoms with E-state index >= 15 is 0 Å². The monoisotopic (exact) mass is 302 g/mol. The average molecular weight is 302 g/mol. The first-order valence-corrected chi connectivity index (χ1v) is 8.75. The van der Waals surface area contributed by atoms with E-state index in [1.54, 1.807) is 11.9 Å². The van der Waals surface area contributed by atoms with Crippen LogP contribution in [-0.4, -0.2) is 49.8 Å². The Balaban J connectivity index is 2.01. The molecular formula is C12H22N4O3S. The fourth-order valence-corrected chi connectivity index (χ4v) is 4.00. The molecule has 1 aromatic rings. The number of nitrogens with zero attached hydrogens (tertiary/aromatic N) is 3. The maximum atomic E-state index is 11.5. The van der Waals surface area contributed by atoms with Gasteiger partial charge in [0.25, 0.3) is 0 Å². The maximum Gasteiger partial charge on any atom is 0.318 e. The van der Waals surface area contributed by atoms with Crippen LogP contribution in [0.15, 0.2) is 4.42 Å². The van der Waals surface area contributed by atoms with Gasteiger partial charge in [0.15, 0.2) is 9.84 Å². The van der Waals surface area contributed by atoms with Crippen LogP contribution in [-0.2, 0) is 9.84 Å². The van der Waals surface area contributed by atoms with Gasteiger partial charge in [0.05, 0.1) is 17.5 Å². The fraction of sp³-hybridized carbons (Fsp3) is 0.833. The van der Waals surface area contributed by atoms with Crippen molar-refractivity contribution in [1.29, 1.82) is 0 Å². The van der Waals surface area contributed by atoms with Crippen LogP contribution in [0.1, 0.15) is 38.6 Å². The van der Waals surface area contributed by atoms with Crippen LogP contribution in [0.5, 0.6) is 0 Å². The highest BCUT2D eigenvalue weighted by molar-refractivity contribution is 7.91. The molecule has 2 atom stereocenters. The van der Waals surface area contributed by atoms with Gasteiger partial charge >= 0.3 is 6.01 Å². The summed E-state index contributed by atoms with van der Waals surface area (Å²) in [6.07, 6.45) is 1.64. The first-order valence-electron chi connectivity index (χ1n) is 6.93. The molecule has 0 aromatic carbocycles. The molecule has 0 amide bonds. The zero-order chi connectivity index (χ0) is 14.8. The molecule has 0 bridgehead atoms. The summed E-state index contributed by atoms with van der Waals surface area (Å²) >= 11 is 0. The Morgan fingerprint density at radius 2 is 2.25 bits per heavy atom. The second-order valence-corrected chi connectivity index (χ2v) is 7.50. The average Bonchev–Trinajstić information content (AvgIpc) is 3.01. The van der Waals surface area contributed by atoms with Gasteiger partial charge in [0.2, 0.25) is 5.89 Å². The van der Waals surface area contributed by atoms with Gasteiger partial charge in [-0.3, -0.25) is 0 Å². The summed E-state index contributed by atoms with van der Waals surface area (Å²) in [5.74, 6) is 0.920. The van der Waals surface area contributed by atoms with E-state index in [0.29, 0.717) is 18.3 Å². The molecular weight excluding hydrogens is 280 g/mol. The Bertz CT molecular complexity index is 543. The highest BCUT2D eigenvalue weighted by Crippen LogP contribution is 2.23. The summed E-state index contributed by atoms with van der Waals surface area (Å²) in [7, 11) is -1.12. The van der Waals surface area contributed by atoms with Crippen LogP contribution in [0, 0.1) is 0 Å². The third kappa shape index (κ3) is 3.49. The first kappa shape index (κ1) is 15.2. The molecule has 7 nitrogen and oxygen atoms in total. The molecule has 0 saturated carbocycles. The molecule has 2 unspecified atom stereocenters. The van der Waals surface area contributed by atoms with E-state index in [0.717, 1.165) is 13.0 Å². The van der Waals surface area contributed by atoms with Gasteiger partial charge in [-0.1, -0.05) is 12.0 Å². The zero-order valence-electron chi connectivity index (χ0n) is 12.2. The van der Waals surface area contributed by atoms with Gasteiger partial charge in [-0.05, 0) is 26.3 Å². The van der Waals surface area contributed by atoms with E-state index in [4.69, 9.17) is 4.42 Å². The predicted molar refractivity (Wildman–Crippen MR) is 76.5 cm³/mol. The molecule has 2 heterocycles. The van der Waals surface area contributed by atoms with Crippen molar-refractivity contribution in [3.05, 3.63) is 5.89 Å². The van der Waals surface area contributed by atoms with E-state index < -0.39 is 9.84 Å². The van der Waals surface area contributed by atoms with Crippen molar-refractivity contribution in [2.45, 2.75) is 38.8 Å². The minimum atomic E-state index is -2.91. The van der Waals surface area contributed by atoms with Gasteiger partial charge in [0, 0.05) is 13.1 Å². The molecule has 114 valence electrons. The van der Waals surface area contributed by atoms with Gasteiger partial charge in [0.1, 0.15) is 0 Å². The fourth-order valence-electron chi connectivity index (χ4n) is 2.23. The number of sulfone groups is 1. The molecule has 1 aliphatic rings. The summed E-state index contributed by atoms with van der Waals surface area (Å²) < 4.78 is 28.6. The first-order chi connectivity index (χ1) is 9.43. The lowest BCUT2D eigenvalue weighted by atomic mass is 10.2. The zero-order valence-corrected chi connectivity index (χ0v) is 13.0. The van der Waals surface area contributed by atoms with E-state index in [-0.39, 0.29) is 23.6 Å². The van der Waals surface area contributed by atoms with Crippen molar-refractivity contribution in [2.24, 2.45) is 0 Å². The number of hydrogen-bond donors (Lipinski definition) is 1. The standard InChI is InChI=1S/C12H22N4O3S/c1-4-6-13-9(2)11-14-15-12(19-11)16(3)10-5-7-20(17,18)8-10/h9-10,13H,4-8H2,1-3H3. The van der Waals surface area contributed by atoms with Crippen LogP contribution in [0.4, 0.5) is 6.01 Å². The number of anilines is 1. The Kier molecular flexibility index (Phi) is 4.64. The SMILES string of the molecule is CCCNC(C)c1nnc(N(C)C2CCS(=O)(=O)C2)o1. The Labute approximate surface area is 119 Å². The van der Waals surface area contributed by atoms with Crippen LogP contribution >= 0.6 is 0 Å². The molecule has 1 fully saturated rings. The Hall–Kier alpha value is -1.15. The number of nitrogens with one attached hydrogen (secondary N) is 1. The van der Waals surface area contributed by atoms with Crippen LogP contribution < -0.4 is 10.2 Å². The van der Waals surface area contributed by atoms with E-state index in [2.05, 4.69) is 22.4 Å². The van der Waals surface area contributed by atoms with Gasteiger partial charge in [-0.25, -0.2) is 8.42 Å². The topological polar surface area (TPSA) is 88.3 Å². The molecule has 0 aliphatic carbocycles. The van der Waals surface area contributed by atoms with Crippen molar-refractivity contribution in [2.75, 3.05) is 30.0 Å². The minimum absolute atomic E-state index is 0.00286. The largest absolute Gasteiger partial charge is 0.406 e. The lowest BCUT2D eigenvalue weighted by Crippen LogP contribution is -2.32. The lowest BCUT2D eigenvalue weighted by molar-refractivity contribution is 0.412. The van der Waals surface area contributed by atoms with Crippen molar-refractivity contribution >= 4 is 15.9 Å². The Morgan fingerprint density at radius 1 is 1.50 bits per heavy atom. The molecule has 1 saturated heterocycles. The van der Waals surface area contributed by atoms with Crippen LogP contribution in [0.3, 0.4) is 0 Å². The normalized spacial score (nSPS) is 22.9. The molecule has 1 aromatic heterocycles. The molecule has 2 rings (SSSR count). The van der Waals surface area contributed by atoms with Crippen LogP contribution in [0.25, 0.3) is 0 Å². The molecule has 1 N–H and O–H groups in total. The summed E-state index contributed by atoms with van der Waals surface area (Å²) in [5, 5.41) is 11.3. The molecule has 1 aliphatic heterocycles. The summed E-state index contributed by atoms with van der Waals surface area (Å²) in [5.41, 5.74) is 0. The highest BCUT2D eigenvalue weighted by atomic mass is 32.2. The van der Waals surface area contributed by atoms with Gasteiger partial charge in [-0.2, -0.15) is 0 Å². The van der Waals surface area contributed by atoms with Gasteiger partial charge in [-0.15, -0.1) is 5.10 Å². The lowest BCUT2D eigenvalue weighted by Gasteiger charge is -2.20. The molecule has 20 heavy (non-hydrogen) atoms. The third-order valence-electron chi connectivity index (χ3n) is 3.56. The van der Waals surface area contributed by atoms with Crippen molar-refractivity contribution in [3.8, 4) is 0 Å². The smallest absolute Gasteiger partial charge is 0.318 e. The molecule has 8 heteroatoms. The maximum absolute atomic E-state index is 11.5. The predicted octanol–water partition coefficient (Wildman–Crippen LogP) is 0.753. The third-order valence-corrected chi connectivity index (χ3v) is 5.31. The summed E-state index contributed by atoms with van der Waals surface area (Å²) in [6, 6.07) is 0.302. The van der Waals surface area contributed by atoms with Gasteiger partial charge < -0.3 is 14.6 Å². The number of rotatable bonds is 6. The van der Waals surface area contributed by atoms with Crippen molar-refractivity contribution < 1.29 is 12.8 Å². The van der Waals surface area contributed by atoms with E-state index in [1.165, 1.54) is 0 Å². The van der Waals surface area contributed by atoms with E-state index in [1.807, 2.05) is 6.92 Å². The van der Waals surface area contributed by atoms with E-state index in [9.17, 15) is 8.42 Å². The summed E-state index contributed by atoms with van der Waals surface area (Å²) in [6.45, 7) is 4.94. The summed E-state index contributed by atoms with van der Waals surface area (Å²) in [4.78, 5) is 1.77. The number of hydrogen-bond acceptors (Lipinski definition) is 7. The quantitative estimate of drug-likeness (QED) is 0.829. The van der Waals surface area contributed by atoms with Crippen molar-refractivity contribution in [3.63, 3.8) is 0 Å². The molecule has 0 radical (unpaired) electrons. The second kappa shape index (κ2) is 6.09.